The number of carbonyl (C=O) groups is 1. The maximum atomic E-state index is 12.1. The molecule has 3 N–H and O–H groups in total. The van der Waals surface area contributed by atoms with Crippen LogP contribution in [-0.2, 0) is 11.3 Å². The molecule has 0 aliphatic rings. The van der Waals surface area contributed by atoms with Gasteiger partial charge in [0.15, 0.2) is 0 Å². The molecule has 3 rings (SSSR count). The summed E-state index contributed by atoms with van der Waals surface area (Å²) in [6.07, 6.45) is 0. The molecule has 0 fully saturated rings. The molecule has 0 spiro atoms. The van der Waals surface area contributed by atoms with Gasteiger partial charge in [-0.25, -0.2) is 9.78 Å². The van der Waals surface area contributed by atoms with Crippen molar-refractivity contribution >= 4 is 23.0 Å². The summed E-state index contributed by atoms with van der Waals surface area (Å²) in [6.45, 7) is 6.03. The lowest BCUT2D eigenvalue weighted by atomic mass is 10.1. The molecule has 0 saturated heterocycles. The van der Waals surface area contributed by atoms with Crippen LogP contribution in [0.3, 0.4) is 0 Å². The Morgan fingerprint density at radius 2 is 2.04 bits per heavy atom. The fourth-order valence-corrected chi connectivity index (χ4v) is 2.78. The highest BCUT2D eigenvalue weighted by molar-refractivity contribution is 5.95. The smallest absolute Gasteiger partial charge is 0.338 e. The Bertz CT molecular complexity index is 963. The van der Waals surface area contributed by atoms with Crippen molar-refractivity contribution in [3.63, 3.8) is 0 Å². The lowest BCUT2D eigenvalue weighted by Crippen LogP contribution is -2.08. The van der Waals surface area contributed by atoms with Gasteiger partial charge in [-0.1, -0.05) is 0 Å². The summed E-state index contributed by atoms with van der Waals surface area (Å²) < 4.78 is 6.81. The van der Waals surface area contributed by atoms with Gasteiger partial charge in [0.25, 0.3) is 0 Å². The van der Waals surface area contributed by atoms with E-state index in [-0.39, 0.29) is 12.3 Å². The molecule has 0 aliphatic heterocycles. The summed E-state index contributed by atoms with van der Waals surface area (Å²) in [6, 6.07) is 6.77. The Balaban J connectivity index is 2.12. The second-order valence-corrected chi connectivity index (χ2v) is 5.86. The summed E-state index contributed by atoms with van der Waals surface area (Å²) in [4.78, 5) is 20.8. The molecule has 0 atom stereocenters. The zero-order chi connectivity index (χ0) is 18.1. The number of hydrogen-bond donors (Lipinski definition) is 2. The van der Waals surface area contributed by atoms with Gasteiger partial charge in [-0.2, -0.15) is 0 Å². The third kappa shape index (κ3) is 3.13. The number of anilines is 1. The number of aryl methyl sites for hydroxylation is 2. The fourth-order valence-electron chi connectivity index (χ4n) is 2.78. The van der Waals surface area contributed by atoms with Crippen LogP contribution in [-0.4, -0.2) is 32.2 Å². The largest absolute Gasteiger partial charge is 0.506 e. The van der Waals surface area contributed by atoms with Crippen molar-refractivity contribution in [2.75, 3.05) is 12.3 Å². The van der Waals surface area contributed by atoms with Crippen LogP contribution in [0.4, 0.5) is 5.95 Å². The second-order valence-electron chi connectivity index (χ2n) is 5.86. The Morgan fingerprint density at radius 3 is 2.76 bits per heavy atom. The third-order valence-corrected chi connectivity index (χ3v) is 3.98. The van der Waals surface area contributed by atoms with Crippen molar-refractivity contribution in [2.45, 2.75) is 27.3 Å². The first kappa shape index (κ1) is 16.8. The SMILES string of the molecule is CCOC(=O)c1cc(C)c2nc(N)n(Cc3nc(C)ccc3O)c2c1. The molecule has 0 amide bonds. The van der Waals surface area contributed by atoms with E-state index in [2.05, 4.69) is 9.97 Å². The van der Waals surface area contributed by atoms with E-state index < -0.39 is 5.97 Å². The minimum Gasteiger partial charge on any atom is -0.506 e. The van der Waals surface area contributed by atoms with Crippen molar-refractivity contribution < 1.29 is 14.6 Å². The first-order valence-electron chi connectivity index (χ1n) is 7.99. The van der Waals surface area contributed by atoms with Gasteiger partial charge in [0.2, 0.25) is 5.95 Å². The summed E-state index contributed by atoms with van der Waals surface area (Å²) >= 11 is 0. The number of hydrogen-bond acceptors (Lipinski definition) is 6. The number of nitrogen functional groups attached to an aromatic ring is 1. The monoisotopic (exact) mass is 340 g/mol. The van der Waals surface area contributed by atoms with Crippen molar-refractivity contribution in [1.29, 1.82) is 0 Å². The number of aromatic hydroxyl groups is 1. The molecule has 2 heterocycles. The number of imidazole rings is 1. The van der Waals surface area contributed by atoms with Crippen molar-refractivity contribution in [2.24, 2.45) is 0 Å². The summed E-state index contributed by atoms with van der Waals surface area (Å²) in [5.41, 5.74) is 10.0. The van der Waals surface area contributed by atoms with E-state index in [0.717, 1.165) is 11.3 Å². The number of carbonyl (C=O) groups excluding carboxylic acids is 1. The Morgan fingerprint density at radius 1 is 1.28 bits per heavy atom. The van der Waals surface area contributed by atoms with Gasteiger partial charge < -0.3 is 20.1 Å². The van der Waals surface area contributed by atoms with E-state index in [1.54, 1.807) is 35.8 Å². The molecular weight excluding hydrogens is 320 g/mol. The first-order valence-corrected chi connectivity index (χ1v) is 7.99. The first-order chi connectivity index (χ1) is 11.9. The normalized spacial score (nSPS) is 11.0. The molecule has 1 aromatic carbocycles. The highest BCUT2D eigenvalue weighted by atomic mass is 16.5. The fraction of sp³-hybridized carbons (Fsp3) is 0.278. The average Bonchev–Trinajstić information content (AvgIpc) is 2.88. The molecule has 7 nitrogen and oxygen atoms in total. The molecule has 0 aliphatic carbocycles. The molecular formula is C18H20N4O3. The van der Waals surface area contributed by atoms with Gasteiger partial charge >= 0.3 is 5.97 Å². The molecule has 0 saturated carbocycles. The van der Waals surface area contributed by atoms with Crippen LogP contribution in [0.1, 0.15) is 34.2 Å². The zero-order valence-electron chi connectivity index (χ0n) is 14.4. The quantitative estimate of drug-likeness (QED) is 0.708. The van der Waals surface area contributed by atoms with Crippen LogP contribution in [0.15, 0.2) is 24.3 Å². The zero-order valence-corrected chi connectivity index (χ0v) is 14.4. The highest BCUT2D eigenvalue weighted by Crippen LogP contribution is 2.26. The standard InChI is InChI=1S/C18H20N4O3/c1-4-25-17(24)12-7-10(2)16-14(8-12)22(18(19)21-16)9-13-15(23)6-5-11(3)20-13/h5-8,23H,4,9H2,1-3H3,(H2,19,21). The van der Waals surface area contributed by atoms with E-state index in [1.807, 2.05) is 13.8 Å². The van der Waals surface area contributed by atoms with E-state index in [4.69, 9.17) is 10.5 Å². The predicted octanol–water partition coefficient (Wildman–Crippen LogP) is 2.56. The molecule has 0 bridgehead atoms. The second kappa shape index (κ2) is 6.43. The van der Waals surface area contributed by atoms with Crippen LogP contribution in [0.25, 0.3) is 11.0 Å². The average molecular weight is 340 g/mol. The minimum atomic E-state index is -0.393. The number of nitrogens with two attached hydrogens (primary N) is 1. The number of rotatable bonds is 4. The van der Waals surface area contributed by atoms with Crippen molar-refractivity contribution in [3.8, 4) is 5.75 Å². The van der Waals surface area contributed by atoms with Gasteiger partial charge in [0.1, 0.15) is 11.4 Å². The van der Waals surface area contributed by atoms with Crippen LogP contribution >= 0.6 is 0 Å². The maximum Gasteiger partial charge on any atom is 0.338 e. The molecule has 7 heteroatoms. The number of pyridine rings is 1. The predicted molar refractivity (Wildman–Crippen MR) is 94.6 cm³/mol. The maximum absolute atomic E-state index is 12.1. The van der Waals surface area contributed by atoms with Crippen molar-refractivity contribution in [1.82, 2.24) is 14.5 Å². The van der Waals surface area contributed by atoms with Crippen molar-refractivity contribution in [3.05, 3.63) is 46.8 Å². The van der Waals surface area contributed by atoms with Crippen LogP contribution in [0, 0.1) is 13.8 Å². The topological polar surface area (TPSA) is 103 Å². The van der Waals surface area contributed by atoms with Gasteiger partial charge in [-0.3, -0.25) is 4.98 Å². The number of aromatic nitrogens is 3. The van der Waals surface area contributed by atoms with E-state index in [0.29, 0.717) is 34.8 Å². The lowest BCUT2D eigenvalue weighted by molar-refractivity contribution is 0.0526. The Kier molecular flexibility index (Phi) is 4.31. The number of benzene rings is 1. The third-order valence-electron chi connectivity index (χ3n) is 3.98. The van der Waals surface area contributed by atoms with Gasteiger partial charge in [0.05, 0.1) is 29.7 Å². The molecule has 130 valence electrons. The molecule has 3 aromatic rings. The Hall–Kier alpha value is -3.09. The molecule has 25 heavy (non-hydrogen) atoms. The summed E-state index contributed by atoms with van der Waals surface area (Å²) in [5, 5.41) is 10.1. The van der Waals surface area contributed by atoms with E-state index in [1.165, 1.54) is 0 Å². The highest BCUT2D eigenvalue weighted by Gasteiger charge is 2.17. The molecule has 0 unspecified atom stereocenters. The summed E-state index contributed by atoms with van der Waals surface area (Å²) in [7, 11) is 0. The summed E-state index contributed by atoms with van der Waals surface area (Å²) in [5.74, 6) is -0.0118. The number of esters is 1. The van der Waals surface area contributed by atoms with Crippen LogP contribution < -0.4 is 5.73 Å². The van der Waals surface area contributed by atoms with Crippen LogP contribution in [0.2, 0.25) is 0 Å². The Labute approximate surface area is 145 Å². The van der Waals surface area contributed by atoms with Crippen LogP contribution in [0.5, 0.6) is 5.75 Å². The van der Waals surface area contributed by atoms with Gasteiger partial charge in [0, 0.05) is 5.69 Å². The lowest BCUT2D eigenvalue weighted by Gasteiger charge is -2.10. The van der Waals surface area contributed by atoms with Gasteiger partial charge in [-0.15, -0.1) is 0 Å². The molecule has 0 radical (unpaired) electrons. The number of fused-ring (bicyclic) bond motifs is 1. The van der Waals surface area contributed by atoms with E-state index >= 15 is 0 Å². The number of ether oxygens (including phenoxy) is 1. The minimum absolute atomic E-state index is 0.0881. The van der Waals surface area contributed by atoms with Gasteiger partial charge in [-0.05, 0) is 50.6 Å². The van der Waals surface area contributed by atoms with E-state index in [9.17, 15) is 9.90 Å². The number of nitrogens with zero attached hydrogens (tertiary/aromatic N) is 3. The molecule has 2 aromatic heterocycles.